The van der Waals surface area contributed by atoms with E-state index in [0.29, 0.717) is 6.10 Å². The molecule has 1 N–H and O–H groups in total. The quantitative estimate of drug-likeness (QED) is 0.836. The van der Waals surface area contributed by atoms with E-state index in [0.717, 1.165) is 41.4 Å². The van der Waals surface area contributed by atoms with Crippen LogP contribution in [0.4, 0.5) is 0 Å². The van der Waals surface area contributed by atoms with Crippen LogP contribution in [0, 0.1) is 13.8 Å². The first-order valence-corrected chi connectivity index (χ1v) is 5.69. The molecule has 0 amide bonds. The molecule has 0 aliphatic carbocycles. The highest BCUT2D eigenvalue weighted by Crippen LogP contribution is 2.26. The number of halogens is 1. The molecule has 1 aliphatic rings. The summed E-state index contributed by atoms with van der Waals surface area (Å²) in [5.74, 6) is 0.933. The van der Waals surface area contributed by atoms with Crippen molar-refractivity contribution >= 4 is 11.6 Å². The van der Waals surface area contributed by atoms with Gasteiger partial charge in [0.15, 0.2) is 0 Å². The molecule has 15 heavy (non-hydrogen) atoms. The van der Waals surface area contributed by atoms with Crippen molar-refractivity contribution in [1.82, 2.24) is 5.32 Å². The Hall–Kier alpha value is -0.730. The van der Waals surface area contributed by atoms with E-state index in [1.54, 1.807) is 0 Å². The van der Waals surface area contributed by atoms with Gasteiger partial charge in [-0.15, -0.1) is 0 Å². The monoisotopic (exact) mass is 225 g/mol. The summed E-state index contributed by atoms with van der Waals surface area (Å²) in [5, 5.41) is 4.12. The number of rotatable bonds is 2. The van der Waals surface area contributed by atoms with Crippen LogP contribution < -0.4 is 10.1 Å². The third-order valence-electron chi connectivity index (χ3n) is 2.73. The minimum absolute atomic E-state index is 0.310. The average molecular weight is 226 g/mol. The van der Waals surface area contributed by atoms with Crippen LogP contribution in [0.25, 0.3) is 0 Å². The summed E-state index contributed by atoms with van der Waals surface area (Å²) in [6.45, 7) is 6.02. The lowest BCUT2D eigenvalue weighted by atomic mass is 10.1. The first kappa shape index (κ1) is 10.8. The van der Waals surface area contributed by atoms with Gasteiger partial charge in [0.25, 0.3) is 0 Å². The third-order valence-corrected chi connectivity index (χ3v) is 3.32. The molecule has 1 aromatic carbocycles. The molecule has 3 heteroatoms. The summed E-state index contributed by atoms with van der Waals surface area (Å²) in [6.07, 6.45) is 1.39. The van der Waals surface area contributed by atoms with E-state index in [1.165, 1.54) is 0 Å². The lowest BCUT2D eigenvalue weighted by molar-refractivity contribution is 0.223. The van der Waals surface area contributed by atoms with E-state index in [4.69, 9.17) is 16.3 Å². The van der Waals surface area contributed by atoms with Gasteiger partial charge in [0, 0.05) is 11.6 Å². The van der Waals surface area contributed by atoms with Crippen molar-refractivity contribution in [2.24, 2.45) is 0 Å². The molecule has 82 valence electrons. The number of nitrogens with one attached hydrogen (secondary N) is 1. The van der Waals surface area contributed by atoms with Crippen LogP contribution in [0.5, 0.6) is 5.75 Å². The topological polar surface area (TPSA) is 21.3 Å². The minimum atomic E-state index is 0.310. The number of benzene rings is 1. The van der Waals surface area contributed by atoms with Crippen molar-refractivity contribution in [3.8, 4) is 5.75 Å². The Kier molecular flexibility index (Phi) is 3.17. The summed E-state index contributed by atoms with van der Waals surface area (Å²) in [7, 11) is 0. The van der Waals surface area contributed by atoms with Gasteiger partial charge in [-0.2, -0.15) is 0 Å². The van der Waals surface area contributed by atoms with Gasteiger partial charge in [-0.3, -0.25) is 0 Å². The summed E-state index contributed by atoms with van der Waals surface area (Å²) in [4.78, 5) is 0. The smallest absolute Gasteiger partial charge is 0.120 e. The van der Waals surface area contributed by atoms with Crippen LogP contribution in [0.1, 0.15) is 17.5 Å². The molecule has 0 unspecified atom stereocenters. The van der Waals surface area contributed by atoms with Crippen molar-refractivity contribution in [1.29, 1.82) is 0 Å². The molecule has 1 atom stereocenters. The van der Waals surface area contributed by atoms with Crippen molar-refractivity contribution in [2.45, 2.75) is 26.4 Å². The van der Waals surface area contributed by atoms with Gasteiger partial charge in [0.05, 0.1) is 0 Å². The Morgan fingerprint density at radius 1 is 1.33 bits per heavy atom. The van der Waals surface area contributed by atoms with E-state index < -0.39 is 0 Å². The highest BCUT2D eigenvalue weighted by atomic mass is 35.5. The zero-order chi connectivity index (χ0) is 10.8. The van der Waals surface area contributed by atoms with E-state index in [-0.39, 0.29) is 0 Å². The van der Waals surface area contributed by atoms with Crippen molar-refractivity contribution in [3.63, 3.8) is 0 Å². The summed E-state index contributed by atoms with van der Waals surface area (Å²) in [6, 6.07) is 4.02. The molecule has 0 bridgehead atoms. The predicted molar refractivity (Wildman–Crippen MR) is 62.8 cm³/mol. The van der Waals surface area contributed by atoms with Crippen LogP contribution >= 0.6 is 11.6 Å². The third kappa shape index (κ3) is 2.44. The van der Waals surface area contributed by atoms with E-state index >= 15 is 0 Å². The normalized spacial score (nSPS) is 20.6. The summed E-state index contributed by atoms with van der Waals surface area (Å²) >= 11 is 6.10. The van der Waals surface area contributed by atoms with Gasteiger partial charge in [0.2, 0.25) is 0 Å². The second-order valence-corrected chi connectivity index (χ2v) is 4.48. The highest BCUT2D eigenvalue weighted by Gasteiger charge is 2.16. The molecule has 0 spiro atoms. The summed E-state index contributed by atoms with van der Waals surface area (Å²) < 4.78 is 5.87. The second kappa shape index (κ2) is 4.42. The number of aryl methyl sites for hydroxylation is 2. The fourth-order valence-corrected chi connectivity index (χ4v) is 2.00. The van der Waals surface area contributed by atoms with Crippen molar-refractivity contribution in [3.05, 3.63) is 28.3 Å². The maximum Gasteiger partial charge on any atom is 0.120 e. The number of ether oxygens (including phenoxy) is 1. The van der Waals surface area contributed by atoms with E-state index in [1.807, 2.05) is 26.0 Å². The van der Waals surface area contributed by atoms with Crippen LogP contribution in [-0.2, 0) is 0 Å². The fourth-order valence-electron chi connectivity index (χ4n) is 1.90. The van der Waals surface area contributed by atoms with Gasteiger partial charge in [-0.1, -0.05) is 11.6 Å². The van der Waals surface area contributed by atoms with Crippen molar-refractivity contribution < 1.29 is 4.74 Å². The molecule has 2 rings (SSSR count). The van der Waals surface area contributed by atoms with Crippen LogP contribution in [0.2, 0.25) is 5.02 Å². The predicted octanol–water partition coefficient (Wildman–Crippen LogP) is 2.70. The molecule has 1 aromatic rings. The first-order chi connectivity index (χ1) is 7.16. The zero-order valence-corrected chi connectivity index (χ0v) is 9.90. The molecular formula is C12H16ClNO. The Morgan fingerprint density at radius 2 is 2.00 bits per heavy atom. The Labute approximate surface area is 95.6 Å². The van der Waals surface area contributed by atoms with E-state index in [2.05, 4.69) is 5.32 Å². The van der Waals surface area contributed by atoms with Gasteiger partial charge >= 0.3 is 0 Å². The number of hydrogen-bond acceptors (Lipinski definition) is 2. The maximum absolute atomic E-state index is 6.10. The Balaban J connectivity index is 2.14. The molecule has 2 nitrogen and oxygen atoms in total. The molecule has 0 aromatic heterocycles. The van der Waals surface area contributed by atoms with Crippen LogP contribution in [0.3, 0.4) is 0 Å². The average Bonchev–Trinajstić information content (AvgIpc) is 2.66. The maximum atomic E-state index is 6.10. The Bertz CT molecular complexity index is 336. The van der Waals surface area contributed by atoms with Gasteiger partial charge in [-0.25, -0.2) is 0 Å². The van der Waals surface area contributed by atoms with Crippen LogP contribution in [0.15, 0.2) is 12.1 Å². The second-order valence-electron chi connectivity index (χ2n) is 4.10. The first-order valence-electron chi connectivity index (χ1n) is 5.31. The molecule has 0 saturated carbocycles. The molecule has 1 aliphatic heterocycles. The molecule has 1 heterocycles. The lowest BCUT2D eigenvalue weighted by Crippen LogP contribution is -2.19. The number of hydrogen-bond donors (Lipinski definition) is 1. The molecule has 1 saturated heterocycles. The largest absolute Gasteiger partial charge is 0.489 e. The van der Waals surface area contributed by atoms with Crippen LogP contribution in [-0.4, -0.2) is 19.2 Å². The lowest BCUT2D eigenvalue weighted by Gasteiger charge is -2.14. The van der Waals surface area contributed by atoms with Gasteiger partial charge in [-0.05, 0) is 50.1 Å². The minimum Gasteiger partial charge on any atom is -0.489 e. The molecule has 1 fully saturated rings. The van der Waals surface area contributed by atoms with Gasteiger partial charge in [0.1, 0.15) is 11.9 Å². The molecule has 0 radical (unpaired) electrons. The highest BCUT2D eigenvalue weighted by molar-refractivity contribution is 6.32. The van der Waals surface area contributed by atoms with Crippen molar-refractivity contribution in [2.75, 3.05) is 13.1 Å². The SMILES string of the molecule is Cc1cc(O[C@H]2CCNC2)cc(C)c1Cl. The Morgan fingerprint density at radius 3 is 2.53 bits per heavy atom. The van der Waals surface area contributed by atoms with Gasteiger partial charge < -0.3 is 10.1 Å². The summed E-state index contributed by atoms with van der Waals surface area (Å²) in [5.41, 5.74) is 2.16. The zero-order valence-electron chi connectivity index (χ0n) is 9.14. The standard InChI is InChI=1S/C12H16ClNO/c1-8-5-11(6-9(2)12(8)13)15-10-3-4-14-7-10/h5-6,10,14H,3-4,7H2,1-2H3/t10-/m0/s1. The molecular weight excluding hydrogens is 210 g/mol. The fraction of sp³-hybridized carbons (Fsp3) is 0.500. The van der Waals surface area contributed by atoms with E-state index in [9.17, 15) is 0 Å².